The summed E-state index contributed by atoms with van der Waals surface area (Å²) in [4.78, 5) is 23.0. The van der Waals surface area contributed by atoms with E-state index in [1.807, 2.05) is 6.92 Å². The molecule has 0 aliphatic carbocycles. The van der Waals surface area contributed by atoms with Crippen LogP contribution in [0.2, 0.25) is 0 Å². The molecule has 0 aromatic carbocycles. The predicted molar refractivity (Wildman–Crippen MR) is 100 cm³/mol. The largest absolute Gasteiger partial charge is 0.463 e. The maximum atomic E-state index is 11.7. The molecule has 1 unspecified atom stereocenters. The molecule has 0 aliphatic rings. The number of carbonyl (C=O) groups is 2. The Kier molecular flexibility index (Phi) is 8.73. The van der Waals surface area contributed by atoms with E-state index >= 15 is 0 Å². The van der Waals surface area contributed by atoms with E-state index in [2.05, 4.69) is 13.2 Å². The number of hydrogen-bond donors (Lipinski definition) is 2. The summed E-state index contributed by atoms with van der Waals surface area (Å²) >= 11 is 0. The van der Waals surface area contributed by atoms with Crippen LogP contribution in [0.15, 0.2) is 24.3 Å². The minimum atomic E-state index is -1.07. The maximum absolute atomic E-state index is 11.7. The standard InChI is InChI=1S/C20H34O6/c1-9-20(19(7,8)24,12-15(4)18(5,6)23)10-11-25-16(21)13-26-17(22)14(2)3/h23-24H,2,4,9-13H2,1,3,5-8H3. The molecule has 0 bridgehead atoms. The minimum absolute atomic E-state index is 0.0560. The Bertz CT molecular complexity index is 535. The summed E-state index contributed by atoms with van der Waals surface area (Å²) in [6.45, 7) is 17.1. The second-order valence-corrected chi connectivity index (χ2v) is 7.86. The third-order valence-corrected chi connectivity index (χ3v) is 4.90. The third-order valence-electron chi connectivity index (χ3n) is 4.90. The fourth-order valence-electron chi connectivity index (χ4n) is 2.62. The Hall–Kier alpha value is -1.66. The van der Waals surface area contributed by atoms with Crippen molar-refractivity contribution < 1.29 is 29.3 Å². The molecular formula is C20H34O6. The Morgan fingerprint density at radius 2 is 1.58 bits per heavy atom. The normalized spacial score (nSPS) is 14.3. The van der Waals surface area contributed by atoms with E-state index in [1.165, 1.54) is 6.92 Å². The number of aliphatic hydroxyl groups is 2. The molecule has 0 aromatic heterocycles. The molecule has 0 aliphatic heterocycles. The zero-order valence-electron chi connectivity index (χ0n) is 17.0. The summed E-state index contributed by atoms with van der Waals surface area (Å²) in [5.74, 6) is -1.32. The summed E-state index contributed by atoms with van der Waals surface area (Å²) in [5.41, 5.74) is -1.97. The highest BCUT2D eigenvalue weighted by Gasteiger charge is 2.44. The van der Waals surface area contributed by atoms with Gasteiger partial charge in [-0.2, -0.15) is 0 Å². The first-order valence-electron chi connectivity index (χ1n) is 8.77. The van der Waals surface area contributed by atoms with Gasteiger partial charge < -0.3 is 19.7 Å². The van der Waals surface area contributed by atoms with Gasteiger partial charge in [0.15, 0.2) is 6.61 Å². The van der Waals surface area contributed by atoms with Crippen LogP contribution in [0.25, 0.3) is 0 Å². The summed E-state index contributed by atoms with van der Waals surface area (Å²) in [5, 5.41) is 20.9. The Morgan fingerprint density at radius 1 is 1.04 bits per heavy atom. The lowest BCUT2D eigenvalue weighted by atomic mass is 9.64. The van der Waals surface area contributed by atoms with Crippen molar-refractivity contribution in [3.8, 4) is 0 Å². The lowest BCUT2D eigenvalue weighted by Crippen LogP contribution is -2.46. The highest BCUT2D eigenvalue weighted by molar-refractivity contribution is 5.88. The van der Waals surface area contributed by atoms with Crippen LogP contribution < -0.4 is 0 Å². The number of ether oxygens (including phenoxy) is 2. The van der Waals surface area contributed by atoms with Gasteiger partial charge in [-0.15, -0.1) is 0 Å². The molecule has 6 nitrogen and oxygen atoms in total. The molecule has 0 rings (SSSR count). The Morgan fingerprint density at radius 3 is 1.96 bits per heavy atom. The molecule has 0 saturated heterocycles. The molecule has 0 aromatic rings. The second kappa shape index (κ2) is 9.33. The molecule has 0 heterocycles. The number of esters is 2. The van der Waals surface area contributed by atoms with Crippen molar-refractivity contribution in [2.45, 2.75) is 72.0 Å². The molecular weight excluding hydrogens is 336 g/mol. The Balaban J connectivity index is 4.91. The zero-order chi connectivity index (χ0) is 20.8. The number of hydrogen-bond acceptors (Lipinski definition) is 6. The van der Waals surface area contributed by atoms with Crippen LogP contribution >= 0.6 is 0 Å². The summed E-state index contributed by atoms with van der Waals surface area (Å²) < 4.78 is 9.88. The molecule has 0 amide bonds. The van der Waals surface area contributed by atoms with Crippen LogP contribution in [0, 0.1) is 5.41 Å². The van der Waals surface area contributed by atoms with Gasteiger partial charge in [-0.05, 0) is 59.5 Å². The topological polar surface area (TPSA) is 93.1 Å². The first-order valence-corrected chi connectivity index (χ1v) is 8.77. The third kappa shape index (κ3) is 7.30. The fourth-order valence-corrected chi connectivity index (χ4v) is 2.62. The molecule has 150 valence electrons. The second-order valence-electron chi connectivity index (χ2n) is 7.86. The van der Waals surface area contributed by atoms with Gasteiger partial charge in [-0.1, -0.05) is 20.1 Å². The lowest BCUT2D eigenvalue weighted by molar-refractivity contribution is -0.158. The average molecular weight is 370 g/mol. The molecule has 2 N–H and O–H groups in total. The van der Waals surface area contributed by atoms with Crippen molar-refractivity contribution in [2.24, 2.45) is 5.41 Å². The van der Waals surface area contributed by atoms with Crippen LogP contribution in [0.5, 0.6) is 0 Å². The van der Waals surface area contributed by atoms with Crippen molar-refractivity contribution in [1.82, 2.24) is 0 Å². The van der Waals surface area contributed by atoms with Crippen molar-refractivity contribution in [3.63, 3.8) is 0 Å². The average Bonchev–Trinajstić information content (AvgIpc) is 2.48. The van der Waals surface area contributed by atoms with Gasteiger partial charge in [0.1, 0.15) is 0 Å². The smallest absolute Gasteiger partial charge is 0.344 e. The molecule has 0 saturated carbocycles. The molecule has 26 heavy (non-hydrogen) atoms. The number of rotatable bonds is 11. The van der Waals surface area contributed by atoms with Crippen molar-refractivity contribution in [1.29, 1.82) is 0 Å². The molecule has 0 radical (unpaired) electrons. The van der Waals surface area contributed by atoms with Gasteiger partial charge in [0, 0.05) is 11.0 Å². The van der Waals surface area contributed by atoms with E-state index in [1.54, 1.807) is 27.7 Å². The Labute approximate surface area is 156 Å². The molecule has 6 heteroatoms. The highest BCUT2D eigenvalue weighted by atomic mass is 16.6. The van der Waals surface area contributed by atoms with Gasteiger partial charge >= 0.3 is 11.9 Å². The van der Waals surface area contributed by atoms with Crippen LogP contribution in [0.1, 0.15) is 60.8 Å². The molecule has 1 atom stereocenters. The minimum Gasteiger partial charge on any atom is -0.463 e. The van der Waals surface area contributed by atoms with Gasteiger partial charge in [0.2, 0.25) is 0 Å². The van der Waals surface area contributed by atoms with E-state index in [9.17, 15) is 19.8 Å². The van der Waals surface area contributed by atoms with Crippen molar-refractivity contribution >= 4 is 11.9 Å². The van der Waals surface area contributed by atoms with Crippen molar-refractivity contribution in [2.75, 3.05) is 13.2 Å². The summed E-state index contributed by atoms with van der Waals surface area (Å²) in [6.07, 6.45) is 1.37. The van der Waals surface area contributed by atoms with Crippen LogP contribution in [0.3, 0.4) is 0 Å². The van der Waals surface area contributed by atoms with E-state index < -0.39 is 35.2 Å². The van der Waals surface area contributed by atoms with E-state index in [0.29, 0.717) is 24.8 Å². The first-order chi connectivity index (χ1) is 11.7. The maximum Gasteiger partial charge on any atom is 0.344 e. The first kappa shape index (κ1) is 24.3. The predicted octanol–water partition coefficient (Wildman–Crippen LogP) is 2.92. The van der Waals surface area contributed by atoms with Crippen LogP contribution in [-0.4, -0.2) is 46.6 Å². The van der Waals surface area contributed by atoms with E-state index in [-0.39, 0.29) is 12.2 Å². The monoisotopic (exact) mass is 370 g/mol. The van der Waals surface area contributed by atoms with Gasteiger partial charge in [-0.3, -0.25) is 0 Å². The van der Waals surface area contributed by atoms with Crippen LogP contribution in [0.4, 0.5) is 0 Å². The number of carbonyl (C=O) groups excluding carboxylic acids is 2. The lowest BCUT2D eigenvalue weighted by Gasteiger charge is -2.45. The summed E-state index contributed by atoms with van der Waals surface area (Å²) in [7, 11) is 0. The van der Waals surface area contributed by atoms with Gasteiger partial charge in [0.05, 0.1) is 17.8 Å². The fraction of sp³-hybridized carbons (Fsp3) is 0.700. The molecule has 0 spiro atoms. The summed E-state index contributed by atoms with van der Waals surface area (Å²) in [6, 6.07) is 0. The van der Waals surface area contributed by atoms with E-state index in [4.69, 9.17) is 9.47 Å². The SMILES string of the molecule is C=C(C)C(=O)OCC(=O)OCCC(CC)(CC(=C)C(C)(C)O)C(C)(C)O. The van der Waals surface area contributed by atoms with E-state index in [0.717, 1.165) is 0 Å². The van der Waals surface area contributed by atoms with Crippen LogP contribution in [-0.2, 0) is 19.1 Å². The zero-order valence-corrected chi connectivity index (χ0v) is 17.0. The van der Waals surface area contributed by atoms with Gasteiger partial charge in [0.25, 0.3) is 0 Å². The highest BCUT2D eigenvalue weighted by Crippen LogP contribution is 2.45. The molecule has 0 fully saturated rings. The van der Waals surface area contributed by atoms with Crippen molar-refractivity contribution in [3.05, 3.63) is 24.3 Å². The van der Waals surface area contributed by atoms with Gasteiger partial charge in [-0.25, -0.2) is 9.59 Å². The quantitative estimate of drug-likeness (QED) is 0.330.